The van der Waals surface area contributed by atoms with Crippen LogP contribution in [0.15, 0.2) is 48.5 Å². The van der Waals surface area contributed by atoms with Gasteiger partial charge in [0.15, 0.2) is 0 Å². The molecule has 0 amide bonds. The molecule has 0 saturated carbocycles. The standard InChI is InChI=1S/C13H12N2O2/c14-15-10-6-7-11(12(8-10)13(16)17)9-4-2-1-3-5-9/h1-8,15H,14H2,(H,16,17). The number of benzene rings is 2. The molecule has 0 radical (unpaired) electrons. The van der Waals surface area contributed by atoms with E-state index in [1.54, 1.807) is 12.1 Å². The fourth-order valence-corrected chi connectivity index (χ4v) is 1.68. The molecule has 0 bridgehead atoms. The minimum absolute atomic E-state index is 0.228. The van der Waals surface area contributed by atoms with Crippen molar-refractivity contribution in [1.29, 1.82) is 0 Å². The number of rotatable bonds is 3. The number of carbonyl (C=O) groups is 1. The highest BCUT2D eigenvalue weighted by atomic mass is 16.4. The molecule has 0 aliphatic rings. The number of nitrogen functional groups attached to an aromatic ring is 1. The topological polar surface area (TPSA) is 75.3 Å². The van der Waals surface area contributed by atoms with E-state index >= 15 is 0 Å². The van der Waals surface area contributed by atoms with Gasteiger partial charge in [-0.05, 0) is 23.3 Å². The average molecular weight is 228 g/mol. The summed E-state index contributed by atoms with van der Waals surface area (Å²) in [5.41, 5.74) is 4.78. The first-order valence-electron chi connectivity index (χ1n) is 5.12. The highest BCUT2D eigenvalue weighted by molar-refractivity contribution is 5.97. The number of hydrogen-bond acceptors (Lipinski definition) is 3. The van der Waals surface area contributed by atoms with Crippen LogP contribution < -0.4 is 11.3 Å². The summed E-state index contributed by atoms with van der Waals surface area (Å²) in [6.45, 7) is 0. The molecule has 4 N–H and O–H groups in total. The molecule has 0 aliphatic carbocycles. The Morgan fingerprint density at radius 1 is 1.12 bits per heavy atom. The molecule has 4 heteroatoms. The van der Waals surface area contributed by atoms with E-state index in [-0.39, 0.29) is 5.56 Å². The summed E-state index contributed by atoms with van der Waals surface area (Å²) in [6, 6.07) is 14.4. The highest BCUT2D eigenvalue weighted by Crippen LogP contribution is 2.26. The second kappa shape index (κ2) is 4.67. The summed E-state index contributed by atoms with van der Waals surface area (Å²) >= 11 is 0. The van der Waals surface area contributed by atoms with Gasteiger partial charge in [0.1, 0.15) is 0 Å². The highest BCUT2D eigenvalue weighted by Gasteiger charge is 2.11. The first-order valence-corrected chi connectivity index (χ1v) is 5.12. The minimum atomic E-state index is -0.971. The molecular weight excluding hydrogens is 216 g/mol. The molecular formula is C13H12N2O2. The molecule has 2 aromatic rings. The summed E-state index contributed by atoms with van der Waals surface area (Å²) in [5.74, 6) is 4.29. The van der Waals surface area contributed by atoms with Crippen LogP contribution in [0.4, 0.5) is 5.69 Å². The molecule has 0 aromatic heterocycles. The van der Waals surface area contributed by atoms with Gasteiger partial charge >= 0.3 is 5.97 Å². The monoisotopic (exact) mass is 228 g/mol. The van der Waals surface area contributed by atoms with E-state index in [0.29, 0.717) is 11.3 Å². The van der Waals surface area contributed by atoms with Crippen LogP contribution in [-0.2, 0) is 0 Å². The number of nitrogens with one attached hydrogen (secondary N) is 1. The van der Waals surface area contributed by atoms with Crippen molar-refractivity contribution >= 4 is 11.7 Å². The predicted molar refractivity (Wildman–Crippen MR) is 66.6 cm³/mol. The van der Waals surface area contributed by atoms with Crippen molar-refractivity contribution in [3.63, 3.8) is 0 Å². The number of anilines is 1. The van der Waals surface area contributed by atoms with Crippen molar-refractivity contribution in [2.45, 2.75) is 0 Å². The summed E-state index contributed by atoms with van der Waals surface area (Å²) < 4.78 is 0. The van der Waals surface area contributed by atoms with E-state index in [4.69, 9.17) is 5.84 Å². The number of hydrazine groups is 1. The minimum Gasteiger partial charge on any atom is -0.478 e. The largest absolute Gasteiger partial charge is 0.478 e. The summed E-state index contributed by atoms with van der Waals surface area (Å²) in [5, 5.41) is 9.18. The zero-order valence-electron chi connectivity index (χ0n) is 9.05. The van der Waals surface area contributed by atoms with Crippen LogP contribution in [0.1, 0.15) is 10.4 Å². The van der Waals surface area contributed by atoms with Gasteiger partial charge in [0.05, 0.1) is 5.56 Å². The van der Waals surface area contributed by atoms with Gasteiger partial charge in [-0.1, -0.05) is 36.4 Å². The smallest absolute Gasteiger partial charge is 0.336 e. The molecule has 86 valence electrons. The van der Waals surface area contributed by atoms with Crippen LogP contribution in [0, 0.1) is 0 Å². The Bertz CT molecular complexity index is 538. The molecule has 0 fully saturated rings. The lowest BCUT2D eigenvalue weighted by Gasteiger charge is -2.08. The van der Waals surface area contributed by atoms with Crippen molar-refractivity contribution < 1.29 is 9.90 Å². The van der Waals surface area contributed by atoms with Crippen molar-refractivity contribution in [2.75, 3.05) is 5.43 Å². The molecule has 0 heterocycles. The molecule has 0 unspecified atom stereocenters. The fraction of sp³-hybridized carbons (Fsp3) is 0. The van der Waals surface area contributed by atoms with E-state index in [9.17, 15) is 9.90 Å². The van der Waals surface area contributed by atoms with E-state index in [1.807, 2.05) is 30.3 Å². The van der Waals surface area contributed by atoms with Crippen molar-refractivity contribution in [3.05, 3.63) is 54.1 Å². The van der Waals surface area contributed by atoms with E-state index in [0.717, 1.165) is 5.56 Å². The van der Waals surface area contributed by atoms with Crippen LogP contribution in [0.2, 0.25) is 0 Å². The van der Waals surface area contributed by atoms with Gasteiger partial charge in [0.2, 0.25) is 0 Å². The Balaban J connectivity index is 2.58. The number of nitrogens with two attached hydrogens (primary N) is 1. The number of aromatic carboxylic acids is 1. The molecule has 0 saturated heterocycles. The summed E-state index contributed by atoms with van der Waals surface area (Å²) in [4.78, 5) is 11.2. The maximum absolute atomic E-state index is 11.2. The third-order valence-corrected chi connectivity index (χ3v) is 2.50. The Morgan fingerprint density at radius 2 is 1.82 bits per heavy atom. The Morgan fingerprint density at radius 3 is 2.41 bits per heavy atom. The van der Waals surface area contributed by atoms with Gasteiger partial charge in [-0.2, -0.15) is 0 Å². The van der Waals surface area contributed by atoms with Gasteiger partial charge in [0, 0.05) is 5.69 Å². The lowest BCUT2D eigenvalue weighted by molar-refractivity contribution is 0.0698. The normalized spacial score (nSPS) is 9.94. The third kappa shape index (κ3) is 2.26. The van der Waals surface area contributed by atoms with Crippen LogP contribution in [-0.4, -0.2) is 11.1 Å². The maximum atomic E-state index is 11.2. The molecule has 17 heavy (non-hydrogen) atoms. The average Bonchev–Trinajstić information content (AvgIpc) is 2.39. The quantitative estimate of drug-likeness (QED) is 0.556. The van der Waals surface area contributed by atoms with Crippen LogP contribution in [0.25, 0.3) is 11.1 Å². The zero-order valence-corrected chi connectivity index (χ0v) is 9.05. The number of carboxylic acids is 1. The zero-order chi connectivity index (χ0) is 12.3. The SMILES string of the molecule is NNc1ccc(-c2ccccc2)c(C(=O)O)c1. The second-order valence-electron chi connectivity index (χ2n) is 3.58. The van der Waals surface area contributed by atoms with Crippen LogP contribution >= 0.6 is 0 Å². The first kappa shape index (κ1) is 11.2. The van der Waals surface area contributed by atoms with Crippen molar-refractivity contribution in [1.82, 2.24) is 0 Å². The molecule has 0 aliphatic heterocycles. The van der Waals surface area contributed by atoms with E-state index in [1.165, 1.54) is 6.07 Å². The van der Waals surface area contributed by atoms with Gasteiger partial charge in [0.25, 0.3) is 0 Å². The summed E-state index contributed by atoms with van der Waals surface area (Å²) in [6.07, 6.45) is 0. The Labute approximate surface area is 98.7 Å². The van der Waals surface area contributed by atoms with Crippen LogP contribution in [0.5, 0.6) is 0 Å². The fourth-order valence-electron chi connectivity index (χ4n) is 1.68. The molecule has 0 spiro atoms. The molecule has 0 atom stereocenters. The van der Waals surface area contributed by atoms with Gasteiger partial charge in [-0.25, -0.2) is 4.79 Å². The lowest BCUT2D eigenvalue weighted by atomic mass is 9.99. The maximum Gasteiger partial charge on any atom is 0.336 e. The molecule has 4 nitrogen and oxygen atoms in total. The number of hydrogen-bond donors (Lipinski definition) is 3. The molecule has 2 rings (SSSR count). The second-order valence-corrected chi connectivity index (χ2v) is 3.58. The Kier molecular flexibility index (Phi) is 3.07. The van der Waals surface area contributed by atoms with Gasteiger partial charge in [-0.15, -0.1) is 0 Å². The van der Waals surface area contributed by atoms with Gasteiger partial charge < -0.3 is 10.5 Å². The van der Waals surface area contributed by atoms with Gasteiger partial charge in [-0.3, -0.25) is 5.84 Å². The third-order valence-electron chi connectivity index (χ3n) is 2.50. The lowest BCUT2D eigenvalue weighted by Crippen LogP contribution is -2.08. The predicted octanol–water partition coefficient (Wildman–Crippen LogP) is 2.34. The first-order chi connectivity index (χ1) is 8.22. The van der Waals surface area contributed by atoms with Crippen molar-refractivity contribution in [2.24, 2.45) is 5.84 Å². The molecule has 2 aromatic carbocycles. The van der Waals surface area contributed by atoms with Crippen molar-refractivity contribution in [3.8, 4) is 11.1 Å². The summed E-state index contributed by atoms with van der Waals surface area (Å²) in [7, 11) is 0. The van der Waals surface area contributed by atoms with E-state index < -0.39 is 5.97 Å². The number of carboxylic acid groups (broad SMARTS) is 1. The Hall–Kier alpha value is -2.33. The van der Waals surface area contributed by atoms with Crippen LogP contribution in [0.3, 0.4) is 0 Å². The van der Waals surface area contributed by atoms with E-state index in [2.05, 4.69) is 5.43 Å².